The Morgan fingerprint density at radius 1 is 1.23 bits per heavy atom. The molecule has 0 fully saturated rings. The molecule has 0 saturated heterocycles. The van der Waals surface area contributed by atoms with Crippen LogP contribution in [0.15, 0.2) is 52.3 Å². The molecule has 160 valence electrons. The van der Waals surface area contributed by atoms with Crippen molar-refractivity contribution in [2.24, 2.45) is 0 Å². The van der Waals surface area contributed by atoms with Crippen molar-refractivity contribution in [2.75, 3.05) is 18.2 Å². The van der Waals surface area contributed by atoms with E-state index in [0.29, 0.717) is 17.9 Å². The first-order chi connectivity index (χ1) is 14.3. The molecule has 7 nitrogen and oxygen atoms in total. The van der Waals surface area contributed by atoms with Crippen molar-refractivity contribution in [3.63, 3.8) is 0 Å². The van der Waals surface area contributed by atoms with Crippen LogP contribution in [0.4, 0.5) is 5.69 Å². The molecule has 9 heteroatoms. The highest BCUT2D eigenvalue weighted by Crippen LogP contribution is 2.38. The minimum Gasteiger partial charge on any atom is -0.496 e. The highest BCUT2D eigenvalue weighted by atomic mass is 32.2. The summed E-state index contributed by atoms with van der Waals surface area (Å²) in [6, 6.07) is 12.0. The Bertz CT molecular complexity index is 1050. The third kappa shape index (κ3) is 5.14. The zero-order valence-electron chi connectivity index (χ0n) is 16.8. The molecule has 0 bridgehead atoms. The van der Waals surface area contributed by atoms with Gasteiger partial charge >= 0.3 is 0 Å². The number of hydrogen-bond acceptors (Lipinski definition) is 6. The van der Waals surface area contributed by atoms with Gasteiger partial charge in [-0.1, -0.05) is 25.1 Å². The minimum absolute atomic E-state index is 0.0922. The van der Waals surface area contributed by atoms with Crippen molar-refractivity contribution in [2.45, 2.75) is 41.4 Å². The van der Waals surface area contributed by atoms with Gasteiger partial charge < -0.3 is 15.4 Å². The summed E-state index contributed by atoms with van der Waals surface area (Å²) < 4.78 is 30.6. The van der Waals surface area contributed by atoms with Crippen LogP contribution in [-0.4, -0.2) is 38.3 Å². The second kappa shape index (κ2) is 9.53. The van der Waals surface area contributed by atoms with E-state index >= 15 is 0 Å². The third-order valence-corrected chi connectivity index (χ3v) is 7.92. The molecular weight excluding hydrogens is 424 g/mol. The van der Waals surface area contributed by atoms with E-state index in [0.717, 1.165) is 10.5 Å². The van der Waals surface area contributed by atoms with Gasteiger partial charge in [-0.25, -0.2) is 8.42 Å². The summed E-state index contributed by atoms with van der Waals surface area (Å²) in [5.74, 6) is -0.149. The van der Waals surface area contributed by atoms with E-state index in [9.17, 15) is 18.0 Å². The van der Waals surface area contributed by atoms with E-state index in [2.05, 4.69) is 10.6 Å². The Morgan fingerprint density at radius 3 is 2.73 bits per heavy atom. The molecule has 1 heterocycles. The van der Waals surface area contributed by atoms with Gasteiger partial charge in [0, 0.05) is 23.4 Å². The standard InChI is InChI=1S/C21H24N2O5S2/c1-3-18-21(25)23-16-12-15(8-9-19(16)29-18)30(26,27)11-10-20(24)22-13-14-6-4-5-7-17(14)28-2/h4-9,12,18H,3,10-11,13H2,1-2H3,(H,22,24)(H,23,25). The molecule has 2 amide bonds. The van der Waals surface area contributed by atoms with E-state index in [1.54, 1.807) is 19.2 Å². The largest absolute Gasteiger partial charge is 0.496 e. The van der Waals surface area contributed by atoms with E-state index in [1.807, 2.05) is 25.1 Å². The molecule has 3 rings (SSSR count). The monoisotopic (exact) mass is 448 g/mol. The third-order valence-electron chi connectivity index (χ3n) is 4.77. The predicted molar refractivity (Wildman–Crippen MR) is 117 cm³/mol. The molecule has 0 spiro atoms. The smallest absolute Gasteiger partial charge is 0.237 e. The minimum atomic E-state index is -3.67. The topological polar surface area (TPSA) is 102 Å². The number of sulfone groups is 1. The molecule has 1 aliphatic rings. The molecule has 2 N–H and O–H groups in total. The lowest BCUT2D eigenvalue weighted by molar-refractivity contribution is -0.121. The highest BCUT2D eigenvalue weighted by molar-refractivity contribution is 8.01. The number of methoxy groups -OCH3 is 1. The molecule has 0 aromatic heterocycles. The summed E-state index contributed by atoms with van der Waals surface area (Å²) in [6.45, 7) is 2.18. The normalized spacial score (nSPS) is 15.8. The molecular formula is C21H24N2O5S2. The van der Waals surface area contributed by atoms with Crippen molar-refractivity contribution in [1.29, 1.82) is 0 Å². The highest BCUT2D eigenvalue weighted by Gasteiger charge is 2.27. The van der Waals surface area contributed by atoms with Crippen molar-refractivity contribution in [3.8, 4) is 5.75 Å². The van der Waals surface area contributed by atoms with Gasteiger partial charge in [-0.2, -0.15) is 0 Å². The number of rotatable bonds is 8. The van der Waals surface area contributed by atoms with Crippen molar-refractivity contribution < 1.29 is 22.7 Å². The summed E-state index contributed by atoms with van der Waals surface area (Å²) in [5, 5.41) is 5.32. The Hall–Kier alpha value is -2.52. The van der Waals surface area contributed by atoms with E-state index < -0.39 is 9.84 Å². The van der Waals surface area contributed by atoms with Crippen LogP contribution >= 0.6 is 11.8 Å². The zero-order valence-corrected chi connectivity index (χ0v) is 18.4. The summed E-state index contributed by atoms with van der Waals surface area (Å²) in [4.78, 5) is 25.2. The molecule has 30 heavy (non-hydrogen) atoms. The number of nitrogens with one attached hydrogen (secondary N) is 2. The van der Waals surface area contributed by atoms with Crippen LogP contribution < -0.4 is 15.4 Å². The second-order valence-corrected chi connectivity index (χ2v) is 10.2. The van der Waals surface area contributed by atoms with Gasteiger partial charge in [0.1, 0.15) is 5.75 Å². The van der Waals surface area contributed by atoms with Crippen LogP contribution in [0.1, 0.15) is 25.3 Å². The summed E-state index contributed by atoms with van der Waals surface area (Å²) >= 11 is 1.43. The number of fused-ring (bicyclic) bond motifs is 1. The Labute approximate surface area is 180 Å². The van der Waals surface area contributed by atoms with Gasteiger partial charge in [-0.05, 0) is 30.7 Å². The molecule has 1 atom stereocenters. The maximum Gasteiger partial charge on any atom is 0.237 e. The molecule has 2 aromatic carbocycles. The first kappa shape index (κ1) is 22.2. The van der Waals surface area contributed by atoms with Crippen molar-refractivity contribution in [1.82, 2.24) is 5.32 Å². The first-order valence-corrected chi connectivity index (χ1v) is 12.1. The number of benzene rings is 2. The first-order valence-electron chi connectivity index (χ1n) is 9.57. The Kier molecular flexibility index (Phi) is 7.04. The van der Waals surface area contributed by atoms with Gasteiger partial charge in [0.15, 0.2) is 9.84 Å². The Morgan fingerprint density at radius 2 is 2.00 bits per heavy atom. The maximum atomic E-state index is 12.7. The number of thioether (sulfide) groups is 1. The number of carbonyl (C=O) groups is 2. The lowest BCUT2D eigenvalue weighted by atomic mass is 10.2. The summed E-state index contributed by atoms with van der Waals surface area (Å²) in [6.07, 6.45) is 0.535. The quantitative estimate of drug-likeness (QED) is 0.644. The summed E-state index contributed by atoms with van der Waals surface area (Å²) in [5.41, 5.74) is 1.31. The molecule has 2 aromatic rings. The fourth-order valence-corrected chi connectivity index (χ4v) is 5.35. The molecule has 1 unspecified atom stereocenters. The van der Waals surface area contributed by atoms with Gasteiger partial charge in [-0.15, -0.1) is 11.8 Å². The van der Waals surface area contributed by atoms with Crippen LogP contribution in [0.25, 0.3) is 0 Å². The van der Waals surface area contributed by atoms with Crippen molar-refractivity contribution in [3.05, 3.63) is 48.0 Å². The van der Waals surface area contributed by atoms with Crippen LogP contribution in [0.5, 0.6) is 5.75 Å². The van der Waals surface area contributed by atoms with Crippen LogP contribution in [0, 0.1) is 0 Å². The van der Waals surface area contributed by atoms with Gasteiger partial charge in [0.2, 0.25) is 11.8 Å². The van der Waals surface area contributed by atoms with Crippen molar-refractivity contribution >= 4 is 39.1 Å². The number of carbonyl (C=O) groups excluding carboxylic acids is 2. The SMILES string of the molecule is CCC1Sc2ccc(S(=O)(=O)CCC(=O)NCc3ccccc3OC)cc2NC1=O. The number of hydrogen-bond donors (Lipinski definition) is 2. The average molecular weight is 449 g/mol. The molecule has 0 aliphatic carbocycles. The zero-order chi connectivity index (χ0) is 21.7. The lowest BCUT2D eigenvalue weighted by Gasteiger charge is -2.23. The molecule has 0 saturated carbocycles. The number of amides is 2. The lowest BCUT2D eigenvalue weighted by Crippen LogP contribution is -2.28. The fourth-order valence-electron chi connectivity index (χ4n) is 3.07. The Balaban J connectivity index is 1.61. The van der Waals surface area contributed by atoms with Gasteiger partial charge in [-0.3, -0.25) is 9.59 Å². The van der Waals surface area contributed by atoms with E-state index in [4.69, 9.17) is 4.74 Å². The van der Waals surface area contributed by atoms with Crippen LogP contribution in [-0.2, 0) is 26.0 Å². The van der Waals surface area contributed by atoms with Gasteiger partial charge in [0.05, 0.1) is 28.7 Å². The maximum absolute atomic E-state index is 12.7. The molecule has 1 aliphatic heterocycles. The van der Waals surface area contributed by atoms with E-state index in [-0.39, 0.29) is 40.7 Å². The number of anilines is 1. The number of para-hydroxylation sites is 1. The summed E-state index contributed by atoms with van der Waals surface area (Å²) in [7, 11) is -2.12. The van der Waals surface area contributed by atoms with Crippen LogP contribution in [0.2, 0.25) is 0 Å². The van der Waals surface area contributed by atoms with Crippen LogP contribution in [0.3, 0.4) is 0 Å². The predicted octanol–water partition coefficient (Wildman–Crippen LogP) is 3.00. The van der Waals surface area contributed by atoms with E-state index in [1.165, 1.54) is 23.9 Å². The van der Waals surface area contributed by atoms with Gasteiger partial charge in [0.25, 0.3) is 0 Å². The number of ether oxygens (including phenoxy) is 1. The second-order valence-electron chi connectivity index (χ2n) is 6.82. The molecule has 0 radical (unpaired) electrons. The average Bonchev–Trinajstić information content (AvgIpc) is 2.75. The fraction of sp³-hybridized carbons (Fsp3) is 0.333.